The fourth-order valence-electron chi connectivity index (χ4n) is 1.52. The number of aromatic nitrogens is 2. The minimum atomic E-state index is 0.362. The van der Waals surface area contributed by atoms with Crippen LogP contribution in [0.1, 0.15) is 24.6 Å². The SMILES string of the molecule is C=CC(/C=N\Cn1cc(C#N)c(CCC)n1)=C/N=C. The molecule has 0 aromatic carbocycles. The number of hydrogen-bond donors (Lipinski definition) is 0. The van der Waals surface area contributed by atoms with E-state index in [0.29, 0.717) is 12.2 Å². The minimum absolute atomic E-state index is 0.362. The molecule has 0 saturated heterocycles. The molecule has 0 atom stereocenters. The second-order valence-electron chi connectivity index (χ2n) is 3.86. The van der Waals surface area contributed by atoms with Crippen LogP contribution in [0.25, 0.3) is 0 Å². The van der Waals surface area contributed by atoms with E-state index < -0.39 is 0 Å². The quantitative estimate of drug-likeness (QED) is 0.555. The zero-order chi connectivity index (χ0) is 14.1. The van der Waals surface area contributed by atoms with Crippen molar-refractivity contribution in [2.24, 2.45) is 9.98 Å². The van der Waals surface area contributed by atoms with Crippen LogP contribution in [0, 0.1) is 11.3 Å². The van der Waals surface area contributed by atoms with Gasteiger partial charge in [0.1, 0.15) is 12.7 Å². The van der Waals surface area contributed by atoms with E-state index in [1.165, 1.54) is 0 Å². The molecule has 19 heavy (non-hydrogen) atoms. The summed E-state index contributed by atoms with van der Waals surface area (Å²) in [6.07, 6.45) is 8.34. The number of aryl methyl sites for hydroxylation is 1. The molecule has 0 aliphatic carbocycles. The molecule has 0 unspecified atom stereocenters. The Kier molecular flexibility index (Phi) is 5.96. The molecule has 0 fully saturated rings. The second kappa shape index (κ2) is 7.77. The molecule has 0 radical (unpaired) electrons. The van der Waals surface area contributed by atoms with E-state index in [-0.39, 0.29) is 0 Å². The Morgan fingerprint density at radius 1 is 1.63 bits per heavy atom. The predicted molar refractivity (Wildman–Crippen MR) is 77.3 cm³/mol. The molecule has 1 aromatic rings. The first-order chi connectivity index (χ1) is 9.24. The zero-order valence-electron chi connectivity index (χ0n) is 11.1. The first kappa shape index (κ1) is 14.6. The minimum Gasteiger partial charge on any atom is -0.272 e. The summed E-state index contributed by atoms with van der Waals surface area (Å²) in [5.41, 5.74) is 2.22. The molecule has 5 heteroatoms. The van der Waals surface area contributed by atoms with E-state index >= 15 is 0 Å². The van der Waals surface area contributed by atoms with E-state index in [4.69, 9.17) is 5.26 Å². The number of rotatable bonds is 7. The van der Waals surface area contributed by atoms with Gasteiger partial charge in [-0.15, -0.1) is 0 Å². The van der Waals surface area contributed by atoms with Crippen molar-refractivity contribution in [1.82, 2.24) is 9.78 Å². The van der Waals surface area contributed by atoms with Gasteiger partial charge in [-0.25, -0.2) is 4.68 Å². The number of nitriles is 1. The van der Waals surface area contributed by atoms with Gasteiger partial charge >= 0.3 is 0 Å². The molecule has 0 N–H and O–H groups in total. The zero-order valence-corrected chi connectivity index (χ0v) is 11.1. The Hall–Kier alpha value is -2.48. The smallest absolute Gasteiger partial charge is 0.131 e. The van der Waals surface area contributed by atoms with Crippen LogP contribution >= 0.6 is 0 Å². The average Bonchev–Trinajstić information content (AvgIpc) is 2.80. The Morgan fingerprint density at radius 2 is 2.42 bits per heavy atom. The van der Waals surface area contributed by atoms with Gasteiger partial charge in [0, 0.05) is 24.2 Å². The van der Waals surface area contributed by atoms with Crippen molar-refractivity contribution >= 4 is 12.9 Å². The fourth-order valence-corrected chi connectivity index (χ4v) is 1.52. The van der Waals surface area contributed by atoms with Gasteiger partial charge in [-0.1, -0.05) is 26.0 Å². The molecule has 0 spiro atoms. The van der Waals surface area contributed by atoms with Crippen molar-refractivity contribution in [2.45, 2.75) is 26.4 Å². The molecule has 0 aliphatic heterocycles. The van der Waals surface area contributed by atoms with Crippen molar-refractivity contribution in [3.8, 4) is 6.07 Å². The monoisotopic (exact) mass is 255 g/mol. The van der Waals surface area contributed by atoms with Gasteiger partial charge in [-0.05, 0) is 13.1 Å². The van der Waals surface area contributed by atoms with Gasteiger partial charge in [-0.3, -0.25) is 9.98 Å². The van der Waals surface area contributed by atoms with Crippen LogP contribution in [0.3, 0.4) is 0 Å². The lowest BCUT2D eigenvalue weighted by Crippen LogP contribution is -1.98. The third kappa shape index (κ3) is 4.36. The largest absolute Gasteiger partial charge is 0.272 e. The van der Waals surface area contributed by atoms with Crippen LogP contribution in [0.4, 0.5) is 0 Å². The number of hydrogen-bond acceptors (Lipinski definition) is 4. The van der Waals surface area contributed by atoms with Crippen LogP contribution in [-0.4, -0.2) is 22.7 Å². The third-order valence-corrected chi connectivity index (χ3v) is 2.39. The van der Waals surface area contributed by atoms with Crippen molar-refractivity contribution in [2.75, 3.05) is 0 Å². The number of aliphatic imine (C=N–C) groups is 2. The highest BCUT2D eigenvalue weighted by Crippen LogP contribution is 2.08. The summed E-state index contributed by atoms with van der Waals surface area (Å²) < 4.78 is 1.65. The van der Waals surface area contributed by atoms with E-state index in [1.54, 1.807) is 29.4 Å². The van der Waals surface area contributed by atoms with Crippen LogP contribution in [0.5, 0.6) is 0 Å². The predicted octanol–water partition coefficient (Wildman–Crippen LogP) is 2.51. The standard InChI is InChI=1S/C14H17N5/c1-4-6-14-13(7-15)10-19(18-14)11-17-9-12(5-2)8-16-3/h5,8-10H,2-4,6,11H2,1H3/b12-8-,17-9-. The molecule has 0 saturated carbocycles. The molecule has 1 heterocycles. The lowest BCUT2D eigenvalue weighted by Gasteiger charge is -1.95. The molecule has 5 nitrogen and oxygen atoms in total. The Bertz CT molecular complexity index is 543. The van der Waals surface area contributed by atoms with Crippen LogP contribution in [0.15, 0.2) is 40.6 Å². The highest BCUT2D eigenvalue weighted by atomic mass is 15.3. The van der Waals surface area contributed by atoms with E-state index in [9.17, 15) is 0 Å². The van der Waals surface area contributed by atoms with Crippen molar-refractivity contribution in [3.05, 3.63) is 41.9 Å². The summed E-state index contributed by atoms with van der Waals surface area (Å²) in [6.45, 7) is 9.44. The van der Waals surface area contributed by atoms with Crippen LogP contribution in [0.2, 0.25) is 0 Å². The van der Waals surface area contributed by atoms with Gasteiger partial charge in [0.05, 0.1) is 11.3 Å². The Labute approximate surface area is 113 Å². The van der Waals surface area contributed by atoms with Crippen LogP contribution in [-0.2, 0) is 13.1 Å². The van der Waals surface area contributed by atoms with Gasteiger partial charge in [0.25, 0.3) is 0 Å². The first-order valence-corrected chi connectivity index (χ1v) is 5.99. The summed E-state index contributed by atoms with van der Waals surface area (Å²) in [5, 5.41) is 13.3. The van der Waals surface area contributed by atoms with Gasteiger partial charge in [0.2, 0.25) is 0 Å². The van der Waals surface area contributed by atoms with E-state index in [1.807, 2.05) is 0 Å². The highest BCUT2D eigenvalue weighted by Gasteiger charge is 2.06. The molecule has 0 amide bonds. The molecule has 1 rings (SSSR count). The lowest BCUT2D eigenvalue weighted by molar-refractivity contribution is 0.628. The van der Waals surface area contributed by atoms with Gasteiger partial charge in [0.15, 0.2) is 0 Å². The molecular weight excluding hydrogens is 238 g/mol. The number of allylic oxidation sites excluding steroid dienone is 2. The second-order valence-corrected chi connectivity index (χ2v) is 3.86. The molecule has 1 aromatic heterocycles. The lowest BCUT2D eigenvalue weighted by atomic mass is 10.2. The average molecular weight is 255 g/mol. The van der Waals surface area contributed by atoms with Crippen molar-refractivity contribution in [3.63, 3.8) is 0 Å². The Balaban J connectivity index is 2.76. The maximum absolute atomic E-state index is 9.00. The molecular formula is C14H17N5. The first-order valence-electron chi connectivity index (χ1n) is 5.99. The topological polar surface area (TPSA) is 66.3 Å². The molecule has 0 aliphatic rings. The van der Waals surface area contributed by atoms with Crippen molar-refractivity contribution in [1.29, 1.82) is 5.26 Å². The molecule has 0 bridgehead atoms. The summed E-state index contributed by atoms with van der Waals surface area (Å²) in [6, 6.07) is 2.15. The normalized spacial score (nSPS) is 11.5. The fraction of sp³-hybridized carbons (Fsp3) is 0.286. The molecule has 98 valence electrons. The van der Waals surface area contributed by atoms with Crippen molar-refractivity contribution < 1.29 is 0 Å². The van der Waals surface area contributed by atoms with Gasteiger partial charge < -0.3 is 0 Å². The number of nitrogens with zero attached hydrogens (tertiary/aromatic N) is 5. The van der Waals surface area contributed by atoms with E-state index in [2.05, 4.69) is 41.4 Å². The summed E-state index contributed by atoms with van der Waals surface area (Å²) in [7, 11) is 0. The maximum Gasteiger partial charge on any atom is 0.131 e. The maximum atomic E-state index is 9.00. The summed E-state index contributed by atoms with van der Waals surface area (Å²) in [4.78, 5) is 7.87. The summed E-state index contributed by atoms with van der Waals surface area (Å²) in [5.74, 6) is 0. The van der Waals surface area contributed by atoms with E-state index in [0.717, 1.165) is 24.1 Å². The van der Waals surface area contributed by atoms with Gasteiger partial charge in [-0.2, -0.15) is 10.4 Å². The highest BCUT2D eigenvalue weighted by molar-refractivity contribution is 5.81. The Morgan fingerprint density at radius 3 is 3.00 bits per heavy atom. The van der Waals surface area contributed by atoms with Crippen LogP contribution < -0.4 is 0 Å². The third-order valence-electron chi connectivity index (χ3n) is 2.39. The summed E-state index contributed by atoms with van der Waals surface area (Å²) >= 11 is 0.